The molecule has 1 saturated heterocycles. The number of nitrogens with zero attached hydrogens (tertiary/aromatic N) is 2. The van der Waals surface area contributed by atoms with Gasteiger partial charge in [0.1, 0.15) is 0 Å². The lowest BCUT2D eigenvalue weighted by Gasteiger charge is -2.25. The highest BCUT2D eigenvalue weighted by Gasteiger charge is 2.24. The van der Waals surface area contributed by atoms with Crippen LogP contribution >= 0.6 is 11.6 Å². The van der Waals surface area contributed by atoms with Crippen LogP contribution in [0.2, 0.25) is 5.02 Å². The van der Waals surface area contributed by atoms with Crippen LogP contribution < -0.4 is 0 Å². The zero-order valence-corrected chi connectivity index (χ0v) is 13.2. The lowest BCUT2D eigenvalue weighted by Crippen LogP contribution is -2.34. The minimum atomic E-state index is 0.0777. The first kappa shape index (κ1) is 15.0. The van der Waals surface area contributed by atoms with Gasteiger partial charge in [0.15, 0.2) is 0 Å². The summed E-state index contributed by atoms with van der Waals surface area (Å²) in [6.45, 7) is 1.58. The zero-order chi connectivity index (χ0) is 15.4. The van der Waals surface area contributed by atoms with Crippen molar-refractivity contribution in [2.24, 2.45) is 0 Å². The second kappa shape index (κ2) is 6.93. The third-order valence-corrected chi connectivity index (χ3v) is 4.46. The largest absolute Gasteiger partial charge is 0.338 e. The molecule has 1 unspecified atom stereocenters. The minimum absolute atomic E-state index is 0.0777. The highest BCUT2D eigenvalue weighted by molar-refractivity contribution is 6.30. The molecule has 0 aliphatic carbocycles. The van der Waals surface area contributed by atoms with E-state index in [-0.39, 0.29) is 5.91 Å². The lowest BCUT2D eigenvalue weighted by atomic mass is 9.94. The normalized spacial score (nSPS) is 18.8. The van der Waals surface area contributed by atoms with Crippen molar-refractivity contribution in [3.63, 3.8) is 0 Å². The third-order valence-electron chi connectivity index (χ3n) is 4.21. The van der Waals surface area contributed by atoms with E-state index in [1.54, 1.807) is 12.4 Å². The number of carbonyl (C=O) groups is 1. The summed E-state index contributed by atoms with van der Waals surface area (Å²) < 4.78 is 0. The van der Waals surface area contributed by atoms with Gasteiger partial charge in [-0.1, -0.05) is 30.2 Å². The van der Waals surface area contributed by atoms with E-state index in [9.17, 15) is 4.79 Å². The average molecular weight is 315 g/mol. The fourth-order valence-corrected chi connectivity index (χ4v) is 3.13. The highest BCUT2D eigenvalue weighted by atomic mass is 35.5. The van der Waals surface area contributed by atoms with Crippen molar-refractivity contribution in [2.45, 2.75) is 25.2 Å². The summed E-state index contributed by atoms with van der Waals surface area (Å²) in [6, 6.07) is 11.6. The Balaban J connectivity index is 1.78. The Labute approximate surface area is 135 Å². The van der Waals surface area contributed by atoms with Gasteiger partial charge in [-0.25, -0.2) is 0 Å². The van der Waals surface area contributed by atoms with Crippen LogP contribution in [0.25, 0.3) is 0 Å². The first-order chi connectivity index (χ1) is 10.7. The van der Waals surface area contributed by atoms with E-state index >= 15 is 0 Å². The van der Waals surface area contributed by atoms with Gasteiger partial charge in [0.2, 0.25) is 0 Å². The highest BCUT2D eigenvalue weighted by Crippen LogP contribution is 2.28. The van der Waals surface area contributed by atoms with Gasteiger partial charge in [0, 0.05) is 36.4 Å². The Kier molecular flexibility index (Phi) is 4.74. The molecule has 2 aromatic rings. The molecule has 22 heavy (non-hydrogen) atoms. The number of hydrogen-bond acceptors (Lipinski definition) is 2. The Morgan fingerprint density at radius 3 is 2.73 bits per heavy atom. The van der Waals surface area contributed by atoms with Crippen LogP contribution in [-0.2, 0) is 0 Å². The summed E-state index contributed by atoms with van der Waals surface area (Å²) in [4.78, 5) is 18.7. The van der Waals surface area contributed by atoms with Crippen LogP contribution in [0, 0.1) is 0 Å². The van der Waals surface area contributed by atoms with Crippen molar-refractivity contribution < 1.29 is 4.79 Å². The monoisotopic (exact) mass is 314 g/mol. The summed E-state index contributed by atoms with van der Waals surface area (Å²) in [5.41, 5.74) is 1.93. The Bertz CT molecular complexity index is 627. The average Bonchev–Trinajstić information content (AvgIpc) is 2.82. The van der Waals surface area contributed by atoms with E-state index in [0.29, 0.717) is 11.5 Å². The first-order valence-corrected chi connectivity index (χ1v) is 8.06. The van der Waals surface area contributed by atoms with E-state index in [1.165, 1.54) is 5.56 Å². The van der Waals surface area contributed by atoms with Crippen LogP contribution in [0.3, 0.4) is 0 Å². The molecule has 1 fully saturated rings. The molecule has 0 radical (unpaired) electrons. The van der Waals surface area contributed by atoms with E-state index in [1.807, 2.05) is 29.2 Å². The van der Waals surface area contributed by atoms with Crippen molar-refractivity contribution in [1.29, 1.82) is 0 Å². The summed E-state index contributed by atoms with van der Waals surface area (Å²) in [5, 5.41) is 0.751. The molecule has 0 saturated carbocycles. The van der Waals surface area contributed by atoms with Gasteiger partial charge in [0.05, 0.1) is 5.56 Å². The van der Waals surface area contributed by atoms with E-state index < -0.39 is 0 Å². The molecule has 1 aliphatic rings. The van der Waals surface area contributed by atoms with Crippen LogP contribution in [0.4, 0.5) is 0 Å². The maximum atomic E-state index is 12.6. The fraction of sp³-hybridized carbons (Fsp3) is 0.333. The number of rotatable bonds is 2. The molecule has 114 valence electrons. The molecule has 2 heterocycles. The number of benzene rings is 1. The Morgan fingerprint density at radius 2 is 2.00 bits per heavy atom. The summed E-state index contributed by atoms with van der Waals surface area (Å²) in [7, 11) is 0. The van der Waals surface area contributed by atoms with Gasteiger partial charge < -0.3 is 4.90 Å². The van der Waals surface area contributed by atoms with Crippen LogP contribution in [0.5, 0.6) is 0 Å². The zero-order valence-electron chi connectivity index (χ0n) is 12.4. The van der Waals surface area contributed by atoms with Gasteiger partial charge in [-0.3, -0.25) is 9.78 Å². The van der Waals surface area contributed by atoms with Gasteiger partial charge in [-0.15, -0.1) is 0 Å². The molecule has 3 rings (SSSR count). The predicted molar refractivity (Wildman–Crippen MR) is 88.2 cm³/mol. The molecule has 3 nitrogen and oxygen atoms in total. The van der Waals surface area contributed by atoms with Crippen molar-refractivity contribution in [3.05, 3.63) is 64.9 Å². The molecule has 1 aromatic heterocycles. The molecular formula is C18H19ClN2O. The van der Waals surface area contributed by atoms with Crippen molar-refractivity contribution in [1.82, 2.24) is 9.88 Å². The van der Waals surface area contributed by atoms with Crippen LogP contribution in [-0.4, -0.2) is 28.9 Å². The number of aromatic nitrogens is 1. The molecule has 0 bridgehead atoms. The number of hydrogen-bond donors (Lipinski definition) is 0. The van der Waals surface area contributed by atoms with Crippen LogP contribution in [0.1, 0.15) is 41.1 Å². The third kappa shape index (κ3) is 3.47. The van der Waals surface area contributed by atoms with Gasteiger partial charge >= 0.3 is 0 Å². The predicted octanol–water partition coefficient (Wildman–Crippen LogP) is 4.14. The number of likely N-dealkylation sites (tertiary alicyclic amines) is 1. The topological polar surface area (TPSA) is 33.2 Å². The Morgan fingerprint density at radius 1 is 1.18 bits per heavy atom. The number of amides is 1. The first-order valence-electron chi connectivity index (χ1n) is 7.69. The molecule has 1 amide bonds. The number of halogens is 1. The lowest BCUT2D eigenvalue weighted by molar-refractivity contribution is 0.0754. The second-order valence-electron chi connectivity index (χ2n) is 5.74. The number of carbonyl (C=O) groups excluding carboxylic acids is 1. The van der Waals surface area contributed by atoms with E-state index in [0.717, 1.165) is 37.4 Å². The molecule has 0 N–H and O–H groups in total. The summed E-state index contributed by atoms with van der Waals surface area (Å²) >= 11 is 5.97. The standard InChI is InChI=1S/C18H19ClN2O/c19-17-8-6-14(7-9-17)16-4-1-2-11-21(13-16)18(22)15-5-3-10-20-12-15/h3,5-10,12,16H,1-2,4,11,13H2. The molecule has 0 spiro atoms. The molecular weight excluding hydrogens is 296 g/mol. The Hall–Kier alpha value is -1.87. The fourth-order valence-electron chi connectivity index (χ4n) is 3.01. The van der Waals surface area contributed by atoms with Gasteiger partial charge in [0.25, 0.3) is 5.91 Å². The number of pyridine rings is 1. The maximum absolute atomic E-state index is 12.6. The SMILES string of the molecule is O=C(c1cccnc1)N1CCCCC(c2ccc(Cl)cc2)C1. The van der Waals surface area contributed by atoms with E-state index in [2.05, 4.69) is 17.1 Å². The molecule has 1 aromatic carbocycles. The van der Waals surface area contributed by atoms with Crippen LogP contribution in [0.15, 0.2) is 48.8 Å². The molecule has 4 heteroatoms. The van der Waals surface area contributed by atoms with Crippen molar-refractivity contribution in [3.8, 4) is 0 Å². The quantitative estimate of drug-likeness (QED) is 0.834. The van der Waals surface area contributed by atoms with Crippen molar-refractivity contribution >= 4 is 17.5 Å². The second-order valence-corrected chi connectivity index (χ2v) is 6.17. The smallest absolute Gasteiger partial charge is 0.255 e. The summed E-state index contributed by atoms with van der Waals surface area (Å²) in [6.07, 6.45) is 6.64. The molecule has 1 aliphatic heterocycles. The van der Waals surface area contributed by atoms with E-state index in [4.69, 9.17) is 11.6 Å². The van der Waals surface area contributed by atoms with Gasteiger partial charge in [-0.05, 0) is 42.7 Å². The summed E-state index contributed by atoms with van der Waals surface area (Å²) in [5.74, 6) is 0.453. The van der Waals surface area contributed by atoms with Gasteiger partial charge in [-0.2, -0.15) is 0 Å². The molecule has 1 atom stereocenters. The minimum Gasteiger partial charge on any atom is -0.338 e. The van der Waals surface area contributed by atoms with Crippen molar-refractivity contribution in [2.75, 3.05) is 13.1 Å². The maximum Gasteiger partial charge on any atom is 0.255 e.